The molecular formula is C16H22FNOS. The normalized spacial score (nSPS) is 17.7. The van der Waals surface area contributed by atoms with Crippen molar-refractivity contribution in [2.24, 2.45) is 0 Å². The number of nitrogens with one attached hydrogen (secondary N) is 1. The van der Waals surface area contributed by atoms with Crippen molar-refractivity contribution in [2.45, 2.75) is 55.9 Å². The third kappa shape index (κ3) is 4.51. The maximum atomic E-state index is 12.8. The Morgan fingerprint density at radius 3 is 2.55 bits per heavy atom. The quantitative estimate of drug-likeness (QED) is 0.859. The molecule has 1 fully saturated rings. The Hall–Kier alpha value is -1.03. The van der Waals surface area contributed by atoms with Crippen molar-refractivity contribution in [3.05, 3.63) is 30.1 Å². The molecule has 1 aromatic rings. The van der Waals surface area contributed by atoms with Gasteiger partial charge in [-0.05, 0) is 43.5 Å². The van der Waals surface area contributed by atoms with E-state index in [1.165, 1.54) is 44.2 Å². The van der Waals surface area contributed by atoms with Crippen LogP contribution in [0.1, 0.15) is 45.4 Å². The molecule has 1 atom stereocenters. The Kier molecular flexibility index (Phi) is 5.89. The molecule has 4 heteroatoms. The van der Waals surface area contributed by atoms with Crippen LogP contribution in [0.3, 0.4) is 0 Å². The van der Waals surface area contributed by atoms with Gasteiger partial charge in [0.2, 0.25) is 5.91 Å². The van der Waals surface area contributed by atoms with E-state index in [9.17, 15) is 9.18 Å². The lowest BCUT2D eigenvalue weighted by Gasteiger charge is -2.25. The molecule has 0 saturated heterocycles. The SMILES string of the molecule is CCC(SC1CCCCC1)C(=O)Nc1ccc(F)cc1. The highest BCUT2D eigenvalue weighted by Crippen LogP contribution is 2.32. The molecule has 0 spiro atoms. The van der Waals surface area contributed by atoms with Crippen molar-refractivity contribution in [1.82, 2.24) is 0 Å². The van der Waals surface area contributed by atoms with Crippen LogP contribution in [0, 0.1) is 5.82 Å². The summed E-state index contributed by atoms with van der Waals surface area (Å²) in [5.41, 5.74) is 0.666. The molecule has 0 bridgehead atoms. The van der Waals surface area contributed by atoms with E-state index < -0.39 is 0 Å². The number of thioether (sulfide) groups is 1. The smallest absolute Gasteiger partial charge is 0.237 e. The van der Waals surface area contributed by atoms with Crippen LogP contribution in [0.4, 0.5) is 10.1 Å². The Morgan fingerprint density at radius 2 is 1.95 bits per heavy atom. The fourth-order valence-electron chi connectivity index (χ4n) is 2.53. The van der Waals surface area contributed by atoms with Crippen LogP contribution in [-0.2, 0) is 4.79 Å². The average molecular weight is 295 g/mol. The summed E-state index contributed by atoms with van der Waals surface area (Å²) in [6.45, 7) is 2.05. The van der Waals surface area contributed by atoms with Crippen molar-refractivity contribution in [2.75, 3.05) is 5.32 Å². The van der Waals surface area contributed by atoms with Crippen molar-refractivity contribution in [1.29, 1.82) is 0 Å². The summed E-state index contributed by atoms with van der Waals surface area (Å²) < 4.78 is 12.8. The van der Waals surface area contributed by atoms with E-state index in [0.717, 1.165) is 6.42 Å². The fraction of sp³-hybridized carbons (Fsp3) is 0.562. The molecule has 110 valence electrons. The summed E-state index contributed by atoms with van der Waals surface area (Å²) in [6.07, 6.45) is 7.18. The molecule has 0 aromatic heterocycles. The maximum Gasteiger partial charge on any atom is 0.237 e. The molecule has 1 unspecified atom stereocenters. The molecule has 1 aliphatic carbocycles. The van der Waals surface area contributed by atoms with Crippen LogP contribution in [0.2, 0.25) is 0 Å². The Morgan fingerprint density at radius 1 is 1.30 bits per heavy atom. The number of hydrogen-bond donors (Lipinski definition) is 1. The minimum absolute atomic E-state index is 0.0110. The molecule has 20 heavy (non-hydrogen) atoms. The van der Waals surface area contributed by atoms with Gasteiger partial charge in [0.1, 0.15) is 5.82 Å². The molecule has 2 rings (SSSR count). The topological polar surface area (TPSA) is 29.1 Å². The summed E-state index contributed by atoms with van der Waals surface area (Å²) in [5, 5.41) is 3.49. The molecule has 0 heterocycles. The number of rotatable bonds is 5. The summed E-state index contributed by atoms with van der Waals surface area (Å²) in [6, 6.07) is 5.94. The van der Waals surface area contributed by atoms with Crippen molar-refractivity contribution in [3.8, 4) is 0 Å². The first kappa shape index (κ1) is 15.4. The van der Waals surface area contributed by atoms with Crippen LogP contribution in [0.5, 0.6) is 0 Å². The standard InChI is InChI=1S/C16H22FNOS/c1-2-15(20-14-6-4-3-5-7-14)16(19)18-13-10-8-12(17)9-11-13/h8-11,14-15H,2-7H2,1H3,(H,18,19). The lowest BCUT2D eigenvalue weighted by molar-refractivity contribution is -0.115. The molecule has 1 saturated carbocycles. The van der Waals surface area contributed by atoms with E-state index in [1.807, 2.05) is 18.7 Å². The maximum absolute atomic E-state index is 12.8. The van der Waals surface area contributed by atoms with Crippen molar-refractivity contribution in [3.63, 3.8) is 0 Å². The molecular weight excluding hydrogens is 273 g/mol. The first-order chi connectivity index (χ1) is 9.69. The van der Waals surface area contributed by atoms with Gasteiger partial charge in [-0.25, -0.2) is 4.39 Å². The number of amides is 1. The van der Waals surface area contributed by atoms with Crippen LogP contribution < -0.4 is 5.32 Å². The van der Waals surface area contributed by atoms with Gasteiger partial charge >= 0.3 is 0 Å². The second-order valence-electron chi connectivity index (χ2n) is 5.29. The lowest BCUT2D eigenvalue weighted by atomic mass is 10.0. The highest BCUT2D eigenvalue weighted by Gasteiger charge is 2.23. The summed E-state index contributed by atoms with van der Waals surface area (Å²) >= 11 is 1.81. The van der Waals surface area contributed by atoms with Crippen LogP contribution in [0.15, 0.2) is 24.3 Å². The summed E-state index contributed by atoms with van der Waals surface area (Å²) in [7, 11) is 0. The largest absolute Gasteiger partial charge is 0.325 e. The van der Waals surface area contributed by atoms with Crippen LogP contribution in [-0.4, -0.2) is 16.4 Å². The number of benzene rings is 1. The third-order valence-corrected chi connectivity index (χ3v) is 5.42. The highest BCUT2D eigenvalue weighted by molar-refractivity contribution is 8.01. The zero-order valence-electron chi connectivity index (χ0n) is 11.9. The van der Waals surface area contributed by atoms with Crippen molar-refractivity contribution >= 4 is 23.4 Å². The molecule has 1 aromatic carbocycles. The van der Waals surface area contributed by atoms with Gasteiger partial charge in [-0.15, -0.1) is 11.8 Å². The van der Waals surface area contributed by atoms with Gasteiger partial charge in [0.15, 0.2) is 0 Å². The predicted molar refractivity (Wildman–Crippen MR) is 83.6 cm³/mol. The predicted octanol–water partition coefficient (Wildman–Crippen LogP) is 4.61. The van der Waals surface area contributed by atoms with E-state index in [2.05, 4.69) is 5.32 Å². The first-order valence-electron chi connectivity index (χ1n) is 7.41. The van der Waals surface area contributed by atoms with Crippen LogP contribution in [0.25, 0.3) is 0 Å². The number of hydrogen-bond acceptors (Lipinski definition) is 2. The van der Waals surface area contributed by atoms with Gasteiger partial charge < -0.3 is 5.32 Å². The number of anilines is 1. The molecule has 1 aliphatic rings. The molecule has 2 nitrogen and oxygen atoms in total. The number of carbonyl (C=O) groups is 1. The van der Waals surface area contributed by atoms with E-state index >= 15 is 0 Å². The van der Waals surface area contributed by atoms with E-state index in [0.29, 0.717) is 10.9 Å². The number of halogens is 1. The monoisotopic (exact) mass is 295 g/mol. The Bertz CT molecular complexity index is 429. The first-order valence-corrected chi connectivity index (χ1v) is 8.35. The van der Waals surface area contributed by atoms with E-state index in [-0.39, 0.29) is 17.0 Å². The van der Waals surface area contributed by atoms with Gasteiger partial charge in [0, 0.05) is 10.9 Å². The van der Waals surface area contributed by atoms with Gasteiger partial charge in [-0.2, -0.15) is 0 Å². The molecule has 1 N–H and O–H groups in total. The summed E-state index contributed by atoms with van der Waals surface area (Å²) in [5.74, 6) is -0.249. The fourth-order valence-corrected chi connectivity index (χ4v) is 3.98. The van der Waals surface area contributed by atoms with Crippen molar-refractivity contribution < 1.29 is 9.18 Å². The average Bonchev–Trinajstić information content (AvgIpc) is 2.48. The van der Waals surface area contributed by atoms with Gasteiger partial charge in [0.25, 0.3) is 0 Å². The molecule has 0 aliphatic heterocycles. The third-order valence-electron chi connectivity index (χ3n) is 3.68. The lowest BCUT2D eigenvalue weighted by Crippen LogP contribution is -2.27. The van der Waals surface area contributed by atoms with Crippen LogP contribution >= 0.6 is 11.8 Å². The zero-order chi connectivity index (χ0) is 14.4. The van der Waals surface area contributed by atoms with E-state index in [4.69, 9.17) is 0 Å². The minimum atomic E-state index is -0.286. The molecule has 0 radical (unpaired) electrons. The minimum Gasteiger partial charge on any atom is -0.325 e. The summed E-state index contributed by atoms with van der Waals surface area (Å²) in [4.78, 5) is 12.3. The Labute approximate surface area is 124 Å². The Balaban J connectivity index is 1.89. The number of carbonyl (C=O) groups excluding carboxylic acids is 1. The second kappa shape index (κ2) is 7.67. The second-order valence-corrected chi connectivity index (χ2v) is 6.80. The zero-order valence-corrected chi connectivity index (χ0v) is 12.7. The van der Waals surface area contributed by atoms with Gasteiger partial charge in [-0.1, -0.05) is 26.2 Å². The van der Waals surface area contributed by atoms with E-state index in [1.54, 1.807) is 12.1 Å². The highest BCUT2D eigenvalue weighted by atomic mass is 32.2. The molecule has 1 amide bonds. The van der Waals surface area contributed by atoms with Gasteiger partial charge in [-0.3, -0.25) is 4.79 Å². The van der Waals surface area contributed by atoms with Gasteiger partial charge in [0.05, 0.1) is 5.25 Å².